The molecule has 1 unspecified atom stereocenters. The van der Waals surface area contributed by atoms with Crippen LogP contribution in [0.15, 0.2) is 36.4 Å². The second-order valence-corrected chi connectivity index (χ2v) is 8.53. The Balaban J connectivity index is 1.27. The Morgan fingerprint density at radius 1 is 0.970 bits per heavy atom. The lowest BCUT2D eigenvalue weighted by atomic mass is 9.94. The number of halogens is 3. The van der Waals surface area contributed by atoms with Crippen LogP contribution >= 0.6 is 0 Å². The normalized spacial score (nSPS) is 20.0. The van der Waals surface area contributed by atoms with Gasteiger partial charge in [0.15, 0.2) is 5.65 Å². The van der Waals surface area contributed by atoms with Crippen LogP contribution in [0.3, 0.4) is 0 Å². The summed E-state index contributed by atoms with van der Waals surface area (Å²) in [6.45, 7) is 1.75. The molecular formula is C22H23F3N6O2. The molecule has 1 atom stereocenters. The van der Waals surface area contributed by atoms with E-state index in [9.17, 15) is 23.1 Å². The van der Waals surface area contributed by atoms with Gasteiger partial charge in [-0.3, -0.25) is 4.79 Å². The number of benzene rings is 1. The van der Waals surface area contributed by atoms with Gasteiger partial charge < -0.3 is 14.9 Å². The Morgan fingerprint density at radius 2 is 1.70 bits per heavy atom. The van der Waals surface area contributed by atoms with Crippen LogP contribution in [-0.2, 0) is 11.0 Å². The van der Waals surface area contributed by atoms with E-state index in [4.69, 9.17) is 0 Å². The van der Waals surface area contributed by atoms with Gasteiger partial charge >= 0.3 is 6.18 Å². The van der Waals surface area contributed by atoms with Crippen LogP contribution in [0.1, 0.15) is 43.1 Å². The molecule has 1 N–H and O–H groups in total. The molecule has 0 saturated carbocycles. The maximum absolute atomic E-state index is 13.3. The molecular weight excluding hydrogens is 437 g/mol. The van der Waals surface area contributed by atoms with Crippen LogP contribution in [0, 0.1) is 5.92 Å². The van der Waals surface area contributed by atoms with E-state index in [0.29, 0.717) is 38.3 Å². The van der Waals surface area contributed by atoms with Crippen molar-refractivity contribution in [3.05, 3.63) is 47.8 Å². The van der Waals surface area contributed by atoms with E-state index in [1.807, 2.05) is 21.9 Å². The molecule has 4 heterocycles. The van der Waals surface area contributed by atoms with Crippen LogP contribution in [0.4, 0.5) is 19.0 Å². The summed E-state index contributed by atoms with van der Waals surface area (Å²) in [4.78, 5) is 17.1. The average Bonchev–Trinajstić information content (AvgIpc) is 3.46. The number of likely N-dealkylation sites (tertiary alicyclic amines) is 1. The third-order valence-electron chi connectivity index (χ3n) is 6.48. The summed E-state index contributed by atoms with van der Waals surface area (Å²) in [7, 11) is 0. The van der Waals surface area contributed by atoms with Crippen molar-refractivity contribution < 1.29 is 23.1 Å². The Labute approximate surface area is 187 Å². The molecule has 0 spiro atoms. The first-order valence-electron chi connectivity index (χ1n) is 11.0. The van der Waals surface area contributed by atoms with E-state index in [-0.39, 0.29) is 29.3 Å². The topological polar surface area (TPSA) is 86.9 Å². The van der Waals surface area contributed by atoms with Gasteiger partial charge in [0.05, 0.1) is 6.04 Å². The Hall–Kier alpha value is -3.37. The maximum atomic E-state index is 13.3. The minimum Gasteiger partial charge on any atom is -0.508 e. The number of aromatic nitrogens is 4. The highest BCUT2D eigenvalue weighted by Crippen LogP contribution is 2.35. The fraction of sp³-hybridized carbons (Fsp3) is 0.455. The molecule has 11 heteroatoms. The molecule has 174 valence electrons. The third-order valence-corrected chi connectivity index (χ3v) is 6.48. The van der Waals surface area contributed by atoms with Crippen LogP contribution in [0.5, 0.6) is 5.75 Å². The number of piperidine rings is 1. The molecule has 0 bridgehead atoms. The second kappa shape index (κ2) is 8.20. The van der Waals surface area contributed by atoms with Gasteiger partial charge in [0.2, 0.25) is 5.91 Å². The van der Waals surface area contributed by atoms with Crippen LogP contribution in [-0.4, -0.2) is 55.4 Å². The fourth-order valence-corrected chi connectivity index (χ4v) is 4.79. The van der Waals surface area contributed by atoms with Crippen molar-refractivity contribution in [2.24, 2.45) is 5.92 Å². The standard InChI is InChI=1S/C22H23F3N6O2/c23-22(24,25)21-27-26-18-7-8-19(28-31(18)21)29-12-9-15(10-13-29)20(33)30-11-1-2-17(30)14-3-5-16(32)6-4-14/h3-8,15,17,32H,1-2,9-13H2. The first kappa shape index (κ1) is 21.5. The number of phenolic OH excluding ortho intramolecular Hbond substituents is 1. The summed E-state index contributed by atoms with van der Waals surface area (Å²) in [6.07, 6.45) is -1.62. The van der Waals surface area contributed by atoms with Crippen molar-refractivity contribution in [2.45, 2.75) is 37.9 Å². The largest absolute Gasteiger partial charge is 0.508 e. The molecule has 2 saturated heterocycles. The molecule has 2 aliphatic heterocycles. The van der Waals surface area contributed by atoms with Crippen molar-refractivity contribution in [1.29, 1.82) is 0 Å². The molecule has 2 fully saturated rings. The molecule has 33 heavy (non-hydrogen) atoms. The highest BCUT2D eigenvalue weighted by molar-refractivity contribution is 5.80. The number of anilines is 1. The van der Waals surface area contributed by atoms with E-state index in [2.05, 4.69) is 15.3 Å². The van der Waals surface area contributed by atoms with Crippen LogP contribution < -0.4 is 4.90 Å². The van der Waals surface area contributed by atoms with E-state index >= 15 is 0 Å². The summed E-state index contributed by atoms with van der Waals surface area (Å²) in [5.74, 6) is -0.571. The summed E-state index contributed by atoms with van der Waals surface area (Å²) >= 11 is 0. The van der Waals surface area contributed by atoms with Crippen molar-refractivity contribution in [2.75, 3.05) is 24.5 Å². The predicted molar refractivity (Wildman–Crippen MR) is 113 cm³/mol. The summed E-state index contributed by atoms with van der Waals surface area (Å²) in [5.41, 5.74) is 1.05. The van der Waals surface area contributed by atoms with E-state index in [1.54, 1.807) is 18.2 Å². The Morgan fingerprint density at radius 3 is 2.39 bits per heavy atom. The smallest absolute Gasteiger partial charge is 0.453 e. The quantitative estimate of drug-likeness (QED) is 0.645. The number of fused-ring (bicyclic) bond motifs is 1. The predicted octanol–water partition coefficient (Wildman–Crippen LogP) is 3.43. The van der Waals surface area contributed by atoms with Gasteiger partial charge in [0.1, 0.15) is 11.6 Å². The van der Waals surface area contributed by atoms with Crippen LogP contribution in [0.2, 0.25) is 0 Å². The summed E-state index contributed by atoms with van der Waals surface area (Å²) in [6, 6.07) is 10.1. The lowest BCUT2D eigenvalue weighted by Gasteiger charge is -2.35. The molecule has 0 radical (unpaired) electrons. The number of aromatic hydroxyl groups is 1. The van der Waals surface area contributed by atoms with Crippen molar-refractivity contribution in [3.63, 3.8) is 0 Å². The van der Waals surface area contributed by atoms with Gasteiger partial charge in [0, 0.05) is 25.6 Å². The number of alkyl halides is 3. The van der Waals surface area contributed by atoms with E-state index in [0.717, 1.165) is 22.9 Å². The van der Waals surface area contributed by atoms with Crippen molar-refractivity contribution in [1.82, 2.24) is 24.7 Å². The van der Waals surface area contributed by atoms with E-state index in [1.165, 1.54) is 6.07 Å². The number of hydrogen-bond acceptors (Lipinski definition) is 6. The zero-order valence-corrected chi connectivity index (χ0v) is 17.7. The molecule has 1 amide bonds. The number of carbonyl (C=O) groups excluding carboxylic acids is 1. The maximum Gasteiger partial charge on any atom is 0.453 e. The van der Waals surface area contributed by atoms with Crippen molar-refractivity contribution >= 4 is 17.4 Å². The molecule has 1 aromatic carbocycles. The molecule has 3 aromatic rings. The number of rotatable bonds is 3. The number of phenols is 1. The lowest BCUT2D eigenvalue weighted by molar-refractivity contribution is -0.146. The van der Waals surface area contributed by atoms with Gasteiger partial charge in [0.25, 0.3) is 5.82 Å². The molecule has 2 aromatic heterocycles. The molecule has 8 nitrogen and oxygen atoms in total. The van der Waals surface area contributed by atoms with Crippen molar-refractivity contribution in [3.8, 4) is 5.75 Å². The minimum atomic E-state index is -4.64. The Kier molecular flexibility index (Phi) is 5.34. The fourth-order valence-electron chi connectivity index (χ4n) is 4.79. The molecule has 2 aliphatic rings. The summed E-state index contributed by atoms with van der Waals surface area (Å²) in [5, 5.41) is 20.4. The minimum absolute atomic E-state index is 0.00901. The Bertz CT molecular complexity index is 1160. The molecule has 0 aliphatic carbocycles. The number of amides is 1. The SMILES string of the molecule is O=C(C1CCN(c2ccc3nnc(C(F)(F)F)n3n2)CC1)N1CCCC1c1ccc(O)cc1. The van der Waals surface area contributed by atoms with E-state index < -0.39 is 12.0 Å². The highest BCUT2D eigenvalue weighted by Gasteiger charge is 2.38. The van der Waals surface area contributed by atoms with Gasteiger partial charge in [-0.2, -0.15) is 17.7 Å². The van der Waals surface area contributed by atoms with Gasteiger partial charge in [-0.1, -0.05) is 12.1 Å². The monoisotopic (exact) mass is 460 g/mol. The average molecular weight is 460 g/mol. The number of hydrogen-bond donors (Lipinski definition) is 1. The zero-order chi connectivity index (χ0) is 23.2. The molecule has 5 rings (SSSR count). The summed E-state index contributed by atoms with van der Waals surface area (Å²) < 4.78 is 40.2. The highest BCUT2D eigenvalue weighted by atomic mass is 19.4. The second-order valence-electron chi connectivity index (χ2n) is 8.53. The number of nitrogens with zero attached hydrogens (tertiary/aromatic N) is 6. The van der Waals surface area contributed by atoms with Gasteiger partial charge in [-0.15, -0.1) is 15.3 Å². The van der Waals surface area contributed by atoms with Gasteiger partial charge in [-0.25, -0.2) is 0 Å². The first-order chi connectivity index (χ1) is 15.8. The third kappa shape index (κ3) is 4.07. The number of carbonyl (C=O) groups is 1. The lowest BCUT2D eigenvalue weighted by Crippen LogP contribution is -2.42. The first-order valence-corrected chi connectivity index (χ1v) is 11.0. The van der Waals surface area contributed by atoms with Crippen LogP contribution in [0.25, 0.3) is 5.65 Å². The zero-order valence-electron chi connectivity index (χ0n) is 17.7. The van der Waals surface area contributed by atoms with Gasteiger partial charge in [-0.05, 0) is 55.5 Å².